The fourth-order valence-electron chi connectivity index (χ4n) is 4.17. The van der Waals surface area contributed by atoms with Crippen LogP contribution in [0.25, 0.3) is 16.9 Å². The van der Waals surface area contributed by atoms with Gasteiger partial charge in [0.25, 0.3) is 0 Å². The van der Waals surface area contributed by atoms with Crippen LogP contribution < -0.4 is 9.47 Å². The zero-order chi connectivity index (χ0) is 26.5. The highest BCUT2D eigenvalue weighted by Gasteiger charge is 2.31. The Morgan fingerprint density at radius 3 is 2.14 bits per heavy atom. The van der Waals surface area contributed by atoms with E-state index >= 15 is 0 Å². The number of rotatable bonds is 8. The molecule has 1 aromatic heterocycles. The van der Waals surface area contributed by atoms with E-state index in [0.717, 1.165) is 22.4 Å². The molecule has 8 nitrogen and oxygen atoms in total. The largest absolute Gasteiger partial charge is 0.496 e. The maximum absolute atomic E-state index is 13.0. The van der Waals surface area contributed by atoms with Gasteiger partial charge < -0.3 is 18.9 Å². The van der Waals surface area contributed by atoms with Crippen molar-refractivity contribution in [3.8, 4) is 28.4 Å². The number of ether oxygens (including phenoxy) is 4. The molecule has 0 amide bonds. The molecule has 0 atom stereocenters. The van der Waals surface area contributed by atoms with Crippen molar-refractivity contribution in [1.82, 2.24) is 9.78 Å². The quantitative estimate of drug-likeness (QED) is 0.303. The number of aryl methyl sites for hydroxylation is 2. The van der Waals surface area contributed by atoms with E-state index in [4.69, 9.17) is 18.9 Å². The summed E-state index contributed by atoms with van der Waals surface area (Å²) in [5.74, 6) is -0.00587. The van der Waals surface area contributed by atoms with Crippen molar-refractivity contribution >= 4 is 11.9 Å². The van der Waals surface area contributed by atoms with Gasteiger partial charge in [-0.2, -0.15) is 5.10 Å². The summed E-state index contributed by atoms with van der Waals surface area (Å²) in [6.07, 6.45) is 0. The lowest BCUT2D eigenvalue weighted by Gasteiger charge is -2.15. The summed E-state index contributed by atoms with van der Waals surface area (Å²) in [4.78, 5) is 25.8. The highest BCUT2D eigenvalue weighted by atomic mass is 16.5. The second-order valence-corrected chi connectivity index (χ2v) is 8.34. The van der Waals surface area contributed by atoms with Crippen molar-refractivity contribution in [2.75, 3.05) is 21.3 Å². The molecule has 1 heterocycles. The Morgan fingerprint density at radius 1 is 0.838 bits per heavy atom. The highest BCUT2D eigenvalue weighted by molar-refractivity contribution is 6.06. The number of aromatic nitrogens is 2. The van der Waals surface area contributed by atoms with Crippen LogP contribution in [-0.2, 0) is 16.1 Å². The van der Waals surface area contributed by atoms with Gasteiger partial charge in [0, 0.05) is 11.1 Å². The monoisotopic (exact) mass is 500 g/mol. The van der Waals surface area contributed by atoms with Gasteiger partial charge >= 0.3 is 11.9 Å². The maximum atomic E-state index is 13.0. The number of benzene rings is 3. The van der Waals surface area contributed by atoms with Gasteiger partial charge in [-0.15, -0.1) is 0 Å². The molecule has 0 aliphatic heterocycles. The summed E-state index contributed by atoms with van der Waals surface area (Å²) in [5, 5.41) is 4.67. The number of hydrogen-bond acceptors (Lipinski definition) is 7. The average Bonchev–Trinajstić information content (AvgIpc) is 3.33. The predicted octanol–water partition coefficient (Wildman–Crippen LogP) is 5.32. The molecule has 0 unspecified atom stereocenters. The number of para-hydroxylation sites is 2. The fraction of sp³-hybridized carbons (Fsp3) is 0.207. The standard InChI is InChI=1S/C29H28N2O6/c1-18-10-9-11-19(2)27(18)37-17-21-16-20(14-15-23(21)34-3)25-24(28(32)35-4)26(29(33)36-5)31(30-25)22-12-7-6-8-13-22/h6-16H,17H2,1-5H3. The first-order valence-corrected chi connectivity index (χ1v) is 11.6. The average molecular weight is 501 g/mol. The van der Waals surface area contributed by atoms with E-state index in [2.05, 4.69) is 5.10 Å². The molecular formula is C29H28N2O6. The smallest absolute Gasteiger partial charge is 0.357 e. The summed E-state index contributed by atoms with van der Waals surface area (Å²) >= 11 is 0. The van der Waals surface area contributed by atoms with Crippen molar-refractivity contribution in [3.05, 3.63) is 94.7 Å². The topological polar surface area (TPSA) is 88.9 Å². The van der Waals surface area contributed by atoms with Crippen molar-refractivity contribution in [3.63, 3.8) is 0 Å². The molecule has 0 fully saturated rings. The summed E-state index contributed by atoms with van der Waals surface area (Å²) in [6, 6.07) is 20.4. The van der Waals surface area contributed by atoms with E-state index in [1.807, 2.05) is 56.3 Å². The number of hydrogen-bond donors (Lipinski definition) is 0. The van der Waals surface area contributed by atoms with E-state index in [1.165, 1.54) is 18.9 Å². The molecule has 190 valence electrons. The van der Waals surface area contributed by atoms with Crippen LogP contribution in [0.15, 0.2) is 66.7 Å². The first-order chi connectivity index (χ1) is 17.9. The molecule has 0 N–H and O–H groups in total. The van der Waals surface area contributed by atoms with Gasteiger partial charge in [0.15, 0.2) is 5.69 Å². The van der Waals surface area contributed by atoms with Crippen molar-refractivity contribution < 1.29 is 28.5 Å². The molecule has 37 heavy (non-hydrogen) atoms. The molecule has 3 aromatic carbocycles. The third-order valence-corrected chi connectivity index (χ3v) is 5.99. The van der Waals surface area contributed by atoms with Crippen LogP contribution in [0.5, 0.6) is 11.5 Å². The Bertz CT molecular complexity index is 1420. The Balaban J connectivity index is 1.86. The molecule has 0 bridgehead atoms. The molecule has 0 saturated carbocycles. The van der Waals surface area contributed by atoms with Crippen LogP contribution in [0.3, 0.4) is 0 Å². The van der Waals surface area contributed by atoms with E-state index in [-0.39, 0.29) is 23.6 Å². The van der Waals surface area contributed by atoms with E-state index in [1.54, 1.807) is 31.4 Å². The Labute approximate surface area is 215 Å². The first-order valence-electron chi connectivity index (χ1n) is 11.6. The van der Waals surface area contributed by atoms with Gasteiger partial charge in [-0.25, -0.2) is 14.3 Å². The number of methoxy groups -OCH3 is 3. The van der Waals surface area contributed by atoms with Crippen LogP contribution in [0.2, 0.25) is 0 Å². The second kappa shape index (κ2) is 11.0. The molecule has 0 spiro atoms. The molecule has 4 rings (SSSR count). The minimum atomic E-state index is -0.713. The van der Waals surface area contributed by atoms with Gasteiger partial charge in [-0.05, 0) is 55.3 Å². The van der Waals surface area contributed by atoms with Gasteiger partial charge in [0.05, 0.1) is 27.0 Å². The summed E-state index contributed by atoms with van der Waals surface area (Å²) in [7, 11) is 4.09. The van der Waals surface area contributed by atoms with Crippen LogP contribution in [0, 0.1) is 13.8 Å². The van der Waals surface area contributed by atoms with E-state index in [9.17, 15) is 9.59 Å². The molecule has 0 radical (unpaired) electrons. The van der Waals surface area contributed by atoms with Crippen LogP contribution >= 0.6 is 0 Å². The van der Waals surface area contributed by atoms with Crippen LogP contribution in [-0.4, -0.2) is 43.0 Å². The number of carbonyl (C=O) groups excluding carboxylic acids is 2. The third-order valence-electron chi connectivity index (χ3n) is 5.99. The van der Waals surface area contributed by atoms with Crippen LogP contribution in [0.4, 0.5) is 0 Å². The first kappa shape index (κ1) is 25.5. The number of nitrogens with zero attached hydrogens (tertiary/aromatic N) is 2. The minimum absolute atomic E-state index is 0.00462. The Morgan fingerprint density at radius 2 is 1.51 bits per heavy atom. The zero-order valence-electron chi connectivity index (χ0n) is 21.4. The lowest BCUT2D eigenvalue weighted by molar-refractivity contribution is 0.0549. The lowest BCUT2D eigenvalue weighted by atomic mass is 10.0. The van der Waals surface area contributed by atoms with Gasteiger partial charge in [0.2, 0.25) is 0 Å². The molecule has 0 saturated heterocycles. The Hall–Kier alpha value is -4.59. The SMILES string of the molecule is COC(=O)c1c(-c2ccc(OC)c(COc3c(C)cccc3C)c2)nn(-c2ccccc2)c1C(=O)OC. The van der Waals surface area contributed by atoms with Gasteiger partial charge in [0.1, 0.15) is 29.4 Å². The van der Waals surface area contributed by atoms with Crippen molar-refractivity contribution in [2.24, 2.45) is 0 Å². The Kier molecular flexibility index (Phi) is 7.57. The fourth-order valence-corrected chi connectivity index (χ4v) is 4.17. The summed E-state index contributed by atoms with van der Waals surface area (Å²) in [6.45, 7) is 4.20. The molecule has 8 heteroatoms. The zero-order valence-corrected chi connectivity index (χ0v) is 21.4. The predicted molar refractivity (Wildman–Crippen MR) is 138 cm³/mol. The van der Waals surface area contributed by atoms with Crippen molar-refractivity contribution in [2.45, 2.75) is 20.5 Å². The number of esters is 2. The highest BCUT2D eigenvalue weighted by Crippen LogP contribution is 2.33. The van der Waals surface area contributed by atoms with Crippen molar-refractivity contribution in [1.29, 1.82) is 0 Å². The minimum Gasteiger partial charge on any atom is -0.496 e. The van der Waals surface area contributed by atoms with Gasteiger partial charge in [-0.1, -0.05) is 36.4 Å². The van der Waals surface area contributed by atoms with Gasteiger partial charge in [-0.3, -0.25) is 0 Å². The molecule has 0 aliphatic carbocycles. The lowest BCUT2D eigenvalue weighted by Crippen LogP contribution is -2.15. The number of carbonyl (C=O) groups is 2. The van der Waals surface area contributed by atoms with Crippen LogP contribution in [0.1, 0.15) is 37.5 Å². The molecule has 4 aromatic rings. The summed E-state index contributed by atoms with van der Waals surface area (Å²) < 4.78 is 23.2. The van der Waals surface area contributed by atoms with E-state index in [0.29, 0.717) is 17.0 Å². The third kappa shape index (κ3) is 5.04. The maximum Gasteiger partial charge on any atom is 0.357 e. The molecular weight excluding hydrogens is 472 g/mol. The summed E-state index contributed by atoms with van der Waals surface area (Å²) in [5.41, 5.74) is 4.21. The molecule has 0 aliphatic rings. The normalized spacial score (nSPS) is 10.6. The van der Waals surface area contributed by atoms with E-state index < -0.39 is 11.9 Å². The second-order valence-electron chi connectivity index (χ2n) is 8.34.